The van der Waals surface area contributed by atoms with E-state index in [0.29, 0.717) is 15.7 Å². The highest BCUT2D eigenvalue weighted by Gasteiger charge is 2.17. The number of H-pyrrole nitrogens is 1. The molecule has 108 valence electrons. The Kier molecular flexibility index (Phi) is 3.74. The molecule has 0 spiro atoms. The smallest absolute Gasteiger partial charge is 0.251 e. The van der Waals surface area contributed by atoms with E-state index in [1.165, 1.54) is 29.6 Å². The third kappa shape index (κ3) is 2.97. The zero-order valence-corrected chi connectivity index (χ0v) is 12.2. The number of aromatic nitrogens is 3. The van der Waals surface area contributed by atoms with Crippen molar-refractivity contribution in [3.05, 3.63) is 45.5 Å². The topological polar surface area (TPSA) is 109 Å². The Morgan fingerprint density at radius 1 is 1.38 bits per heavy atom. The maximum atomic E-state index is 11.3. The highest BCUT2D eigenvalue weighted by atomic mass is 32.2. The first-order valence-corrected chi connectivity index (χ1v) is 7.55. The molecule has 3 rings (SSSR count). The lowest BCUT2D eigenvalue weighted by Gasteiger charge is -2.17. The second-order valence-corrected chi connectivity index (χ2v) is 5.89. The molecule has 1 aliphatic carbocycles. The summed E-state index contributed by atoms with van der Waals surface area (Å²) in [6, 6.07) is 3.31. The summed E-state index contributed by atoms with van der Waals surface area (Å²) in [7, 11) is 0. The van der Waals surface area contributed by atoms with Crippen molar-refractivity contribution in [1.29, 1.82) is 5.41 Å². The molecule has 2 aromatic heterocycles. The molecule has 0 saturated carbocycles. The normalized spacial score (nSPS) is 13.7. The third-order valence-electron chi connectivity index (χ3n) is 3.40. The van der Waals surface area contributed by atoms with Gasteiger partial charge in [0.1, 0.15) is 10.9 Å². The van der Waals surface area contributed by atoms with E-state index in [0.717, 1.165) is 31.4 Å². The average molecular weight is 301 g/mol. The fourth-order valence-corrected chi connectivity index (χ4v) is 3.26. The van der Waals surface area contributed by atoms with Crippen LogP contribution in [0.2, 0.25) is 0 Å². The molecular formula is C14H15N5OS. The fraction of sp³-hybridized carbons (Fsp3) is 0.286. The Balaban J connectivity index is 2.03. The SMILES string of the molecule is N=C(N)c1cc2c(nc1Sc1nccc(=O)[nH]1)CCCC2. The number of nitrogens with one attached hydrogen (secondary N) is 2. The van der Waals surface area contributed by atoms with Crippen molar-refractivity contribution in [3.63, 3.8) is 0 Å². The summed E-state index contributed by atoms with van der Waals surface area (Å²) < 4.78 is 0. The summed E-state index contributed by atoms with van der Waals surface area (Å²) in [4.78, 5) is 22.7. The molecule has 21 heavy (non-hydrogen) atoms. The van der Waals surface area contributed by atoms with E-state index >= 15 is 0 Å². The number of aromatic amines is 1. The average Bonchev–Trinajstić information content (AvgIpc) is 2.46. The fourth-order valence-electron chi connectivity index (χ4n) is 2.38. The van der Waals surface area contributed by atoms with Crippen LogP contribution < -0.4 is 11.3 Å². The van der Waals surface area contributed by atoms with Gasteiger partial charge in [0.15, 0.2) is 5.16 Å². The van der Waals surface area contributed by atoms with Gasteiger partial charge in [-0.15, -0.1) is 0 Å². The highest BCUT2D eigenvalue weighted by molar-refractivity contribution is 7.99. The molecule has 0 fully saturated rings. The molecule has 0 atom stereocenters. The largest absolute Gasteiger partial charge is 0.384 e. The molecule has 0 radical (unpaired) electrons. The van der Waals surface area contributed by atoms with Gasteiger partial charge in [0.2, 0.25) is 0 Å². The van der Waals surface area contributed by atoms with Crippen molar-refractivity contribution >= 4 is 17.6 Å². The van der Waals surface area contributed by atoms with Gasteiger partial charge in [0.25, 0.3) is 5.56 Å². The number of aryl methyl sites for hydroxylation is 2. The van der Waals surface area contributed by atoms with Gasteiger partial charge in [-0.1, -0.05) is 0 Å². The van der Waals surface area contributed by atoms with Crippen molar-refractivity contribution < 1.29 is 0 Å². The van der Waals surface area contributed by atoms with Gasteiger partial charge in [-0.25, -0.2) is 9.97 Å². The van der Waals surface area contributed by atoms with Crippen molar-refractivity contribution in [1.82, 2.24) is 15.0 Å². The first-order chi connectivity index (χ1) is 10.1. The number of hydrogen-bond acceptors (Lipinski definition) is 5. The van der Waals surface area contributed by atoms with E-state index in [2.05, 4.69) is 15.0 Å². The second kappa shape index (κ2) is 5.69. The molecule has 0 aliphatic heterocycles. The summed E-state index contributed by atoms with van der Waals surface area (Å²) in [6.07, 6.45) is 5.65. The van der Waals surface area contributed by atoms with Crippen molar-refractivity contribution in [3.8, 4) is 0 Å². The number of nitrogen functional groups attached to an aromatic ring is 1. The van der Waals surface area contributed by atoms with Crippen molar-refractivity contribution in [2.24, 2.45) is 5.73 Å². The van der Waals surface area contributed by atoms with Gasteiger partial charge in [-0.3, -0.25) is 10.2 Å². The summed E-state index contributed by atoms with van der Waals surface area (Å²) in [5.74, 6) is -0.0170. The number of rotatable bonds is 3. The molecule has 2 aromatic rings. The van der Waals surface area contributed by atoms with Crippen LogP contribution in [0.1, 0.15) is 29.7 Å². The third-order valence-corrected chi connectivity index (χ3v) is 4.30. The van der Waals surface area contributed by atoms with Gasteiger partial charge in [0.05, 0.1) is 0 Å². The molecule has 0 amide bonds. The van der Waals surface area contributed by atoms with Gasteiger partial charge in [-0.05, 0) is 49.1 Å². The molecule has 0 aromatic carbocycles. The number of fused-ring (bicyclic) bond motifs is 1. The van der Waals surface area contributed by atoms with E-state index in [9.17, 15) is 4.79 Å². The summed E-state index contributed by atoms with van der Waals surface area (Å²) >= 11 is 1.23. The Bertz CT molecular complexity index is 755. The lowest BCUT2D eigenvalue weighted by atomic mass is 9.95. The van der Waals surface area contributed by atoms with Gasteiger partial charge in [-0.2, -0.15) is 0 Å². The van der Waals surface area contributed by atoms with Crippen LogP contribution in [0.5, 0.6) is 0 Å². The summed E-state index contributed by atoms with van der Waals surface area (Å²) in [6.45, 7) is 0. The van der Waals surface area contributed by atoms with Gasteiger partial charge < -0.3 is 10.7 Å². The van der Waals surface area contributed by atoms with Crippen LogP contribution in [0, 0.1) is 5.41 Å². The molecule has 0 unspecified atom stereocenters. The van der Waals surface area contributed by atoms with Crippen molar-refractivity contribution in [2.45, 2.75) is 35.9 Å². The molecular weight excluding hydrogens is 286 g/mol. The Labute approximate surface area is 125 Å². The van der Waals surface area contributed by atoms with Crippen LogP contribution in [0.25, 0.3) is 0 Å². The van der Waals surface area contributed by atoms with Crippen LogP contribution in [-0.2, 0) is 12.8 Å². The minimum Gasteiger partial charge on any atom is -0.384 e. The first-order valence-electron chi connectivity index (χ1n) is 6.74. The molecule has 6 nitrogen and oxygen atoms in total. The summed E-state index contributed by atoms with van der Waals surface area (Å²) in [5.41, 5.74) is 8.29. The van der Waals surface area contributed by atoms with E-state index in [1.807, 2.05) is 6.07 Å². The Morgan fingerprint density at radius 2 is 2.19 bits per heavy atom. The van der Waals surface area contributed by atoms with Crippen LogP contribution in [-0.4, -0.2) is 20.8 Å². The van der Waals surface area contributed by atoms with Crippen LogP contribution >= 0.6 is 11.8 Å². The van der Waals surface area contributed by atoms with Gasteiger partial charge in [0, 0.05) is 23.5 Å². The van der Waals surface area contributed by atoms with E-state index < -0.39 is 0 Å². The van der Waals surface area contributed by atoms with Crippen molar-refractivity contribution in [2.75, 3.05) is 0 Å². The summed E-state index contributed by atoms with van der Waals surface area (Å²) in [5, 5.41) is 8.81. The molecule has 4 N–H and O–H groups in total. The molecule has 7 heteroatoms. The van der Waals surface area contributed by atoms with Crippen LogP contribution in [0.15, 0.2) is 33.3 Å². The lowest BCUT2D eigenvalue weighted by Crippen LogP contribution is -2.17. The molecule has 2 heterocycles. The molecule has 0 saturated heterocycles. The lowest BCUT2D eigenvalue weighted by molar-refractivity contribution is 0.660. The standard InChI is InChI=1S/C14H15N5OS/c15-12(16)9-7-8-3-1-2-4-10(8)18-13(9)21-14-17-6-5-11(20)19-14/h5-7H,1-4H2,(H3,15,16)(H,17,19,20). The van der Waals surface area contributed by atoms with Gasteiger partial charge >= 0.3 is 0 Å². The zero-order valence-electron chi connectivity index (χ0n) is 11.3. The molecule has 1 aliphatic rings. The quantitative estimate of drug-likeness (QED) is 0.452. The first kappa shape index (κ1) is 13.8. The highest BCUT2D eigenvalue weighted by Crippen LogP contribution is 2.29. The Morgan fingerprint density at radius 3 is 2.95 bits per heavy atom. The predicted octanol–water partition coefficient (Wildman–Crippen LogP) is 1.48. The maximum absolute atomic E-state index is 11.3. The number of nitrogens with two attached hydrogens (primary N) is 1. The zero-order chi connectivity index (χ0) is 14.8. The minimum absolute atomic E-state index is 0.0170. The number of amidine groups is 1. The molecule has 0 bridgehead atoms. The number of nitrogens with zero attached hydrogens (tertiary/aromatic N) is 2. The maximum Gasteiger partial charge on any atom is 0.251 e. The number of pyridine rings is 1. The second-order valence-electron chi connectivity index (χ2n) is 4.91. The van der Waals surface area contributed by atoms with E-state index in [1.54, 1.807) is 0 Å². The number of hydrogen-bond donors (Lipinski definition) is 3. The monoisotopic (exact) mass is 301 g/mol. The van der Waals surface area contributed by atoms with Crippen LogP contribution in [0.4, 0.5) is 0 Å². The predicted molar refractivity (Wildman–Crippen MR) is 80.9 cm³/mol. The van der Waals surface area contributed by atoms with E-state index in [-0.39, 0.29) is 11.4 Å². The Hall–Kier alpha value is -2.15. The van der Waals surface area contributed by atoms with Crippen LogP contribution in [0.3, 0.4) is 0 Å². The van der Waals surface area contributed by atoms with E-state index in [4.69, 9.17) is 11.1 Å². The minimum atomic E-state index is -0.213.